The summed E-state index contributed by atoms with van der Waals surface area (Å²) in [6.45, 7) is 10.8. The summed E-state index contributed by atoms with van der Waals surface area (Å²) in [5.41, 5.74) is 3.65. The number of thiol groups is 2. The lowest BCUT2D eigenvalue weighted by atomic mass is 9.85. The molecule has 0 saturated carbocycles. The largest absolute Gasteiger partial charge is 0.489 e. The molecule has 0 spiro atoms. The van der Waals surface area contributed by atoms with Crippen molar-refractivity contribution in [2.75, 3.05) is 6.61 Å². The molecule has 0 heterocycles. The maximum absolute atomic E-state index is 5.75. The monoisotopic (exact) mass is 282 g/mol. The maximum atomic E-state index is 5.75. The van der Waals surface area contributed by atoms with Crippen LogP contribution >= 0.6 is 25.3 Å². The van der Waals surface area contributed by atoms with E-state index in [1.165, 1.54) is 5.56 Å². The van der Waals surface area contributed by atoms with Crippen molar-refractivity contribution in [2.45, 2.75) is 37.7 Å². The topological polar surface area (TPSA) is 9.23 Å². The van der Waals surface area contributed by atoms with Gasteiger partial charge < -0.3 is 4.74 Å². The van der Waals surface area contributed by atoms with Crippen molar-refractivity contribution in [3.63, 3.8) is 0 Å². The number of rotatable bonds is 5. The van der Waals surface area contributed by atoms with Crippen LogP contribution in [0.3, 0.4) is 0 Å². The summed E-state index contributed by atoms with van der Waals surface area (Å²) in [5.74, 6) is 2.24. The van der Waals surface area contributed by atoms with Gasteiger partial charge in [0.05, 0.1) is 0 Å². The van der Waals surface area contributed by atoms with Crippen molar-refractivity contribution in [3.8, 4) is 5.75 Å². The molecule has 1 aromatic rings. The molecule has 0 aliphatic heterocycles. The fraction of sp³-hybridized carbons (Fsp3) is 0.467. The molecule has 3 heteroatoms. The van der Waals surface area contributed by atoms with Gasteiger partial charge in [0.2, 0.25) is 0 Å². The van der Waals surface area contributed by atoms with E-state index in [4.69, 9.17) is 4.74 Å². The minimum Gasteiger partial charge on any atom is -0.489 e. The Kier molecular flexibility index (Phi) is 5.67. The standard InChI is InChI=1S/C15H22OS2/c1-5-6-16-14-11(9-17)7-13(15(2,3)4)8-12(14)10-18/h5,7-8,17-18H,1,6,9-10H2,2-4H3. The van der Waals surface area contributed by atoms with E-state index in [2.05, 4.69) is 64.7 Å². The number of hydrogen-bond acceptors (Lipinski definition) is 3. The van der Waals surface area contributed by atoms with Gasteiger partial charge in [0.25, 0.3) is 0 Å². The predicted molar refractivity (Wildman–Crippen MR) is 86.2 cm³/mol. The quantitative estimate of drug-likeness (QED) is 0.601. The highest BCUT2D eigenvalue weighted by atomic mass is 32.1. The lowest BCUT2D eigenvalue weighted by Crippen LogP contribution is -2.13. The fourth-order valence-electron chi connectivity index (χ4n) is 1.75. The summed E-state index contributed by atoms with van der Waals surface area (Å²) in [7, 11) is 0. The zero-order valence-electron chi connectivity index (χ0n) is 11.4. The molecule has 0 fully saturated rings. The van der Waals surface area contributed by atoms with Crippen LogP contribution in [-0.4, -0.2) is 6.61 Å². The normalized spacial score (nSPS) is 11.4. The highest BCUT2D eigenvalue weighted by Gasteiger charge is 2.18. The van der Waals surface area contributed by atoms with E-state index >= 15 is 0 Å². The van der Waals surface area contributed by atoms with Gasteiger partial charge in [-0.15, -0.1) is 0 Å². The van der Waals surface area contributed by atoms with Gasteiger partial charge in [-0.3, -0.25) is 0 Å². The Balaban J connectivity index is 3.29. The van der Waals surface area contributed by atoms with E-state index < -0.39 is 0 Å². The number of benzene rings is 1. The molecule has 0 saturated heterocycles. The lowest BCUT2D eigenvalue weighted by molar-refractivity contribution is 0.357. The van der Waals surface area contributed by atoms with Crippen LogP contribution in [0.5, 0.6) is 5.75 Å². The van der Waals surface area contributed by atoms with Crippen LogP contribution in [0.2, 0.25) is 0 Å². The molecule has 0 unspecified atom stereocenters. The van der Waals surface area contributed by atoms with Gasteiger partial charge in [-0.05, 0) is 11.0 Å². The summed E-state index contributed by atoms with van der Waals surface area (Å²) in [5, 5.41) is 0. The van der Waals surface area contributed by atoms with E-state index in [1.54, 1.807) is 6.08 Å². The van der Waals surface area contributed by atoms with Gasteiger partial charge in [0.15, 0.2) is 0 Å². The van der Waals surface area contributed by atoms with Crippen molar-refractivity contribution >= 4 is 25.3 Å². The Hall–Kier alpha value is -0.540. The molecule has 18 heavy (non-hydrogen) atoms. The Labute approximate surface area is 121 Å². The average molecular weight is 282 g/mol. The summed E-state index contributed by atoms with van der Waals surface area (Å²) >= 11 is 8.80. The zero-order valence-corrected chi connectivity index (χ0v) is 13.2. The van der Waals surface area contributed by atoms with Crippen LogP contribution in [0.25, 0.3) is 0 Å². The molecule has 1 aromatic carbocycles. The average Bonchev–Trinajstić information content (AvgIpc) is 2.33. The molecule has 100 valence electrons. The smallest absolute Gasteiger partial charge is 0.127 e. The second-order valence-corrected chi connectivity index (χ2v) is 5.92. The summed E-state index contributed by atoms with van der Waals surface area (Å²) in [6.07, 6.45) is 1.75. The maximum Gasteiger partial charge on any atom is 0.127 e. The number of ether oxygens (including phenoxy) is 1. The molecule has 0 aromatic heterocycles. The van der Waals surface area contributed by atoms with E-state index in [0.717, 1.165) is 16.9 Å². The molecule has 0 radical (unpaired) electrons. The first kappa shape index (κ1) is 15.5. The highest BCUT2D eigenvalue weighted by molar-refractivity contribution is 7.79. The molecular formula is C15H22OS2. The minimum absolute atomic E-state index is 0.117. The molecule has 0 atom stereocenters. The van der Waals surface area contributed by atoms with Crippen LogP contribution in [0.4, 0.5) is 0 Å². The molecule has 0 amide bonds. The first-order valence-electron chi connectivity index (χ1n) is 6.05. The molecule has 1 rings (SSSR count). The molecule has 0 aliphatic rings. The summed E-state index contributed by atoms with van der Waals surface area (Å²) in [6, 6.07) is 4.36. The fourth-order valence-corrected chi connectivity index (χ4v) is 2.22. The third-order valence-electron chi connectivity index (χ3n) is 2.80. The SMILES string of the molecule is C=CCOc1c(CS)cc(C(C)(C)C)cc1CS. The van der Waals surface area contributed by atoms with E-state index in [0.29, 0.717) is 18.1 Å². The van der Waals surface area contributed by atoms with Gasteiger partial charge in [-0.25, -0.2) is 0 Å². The molecule has 1 nitrogen and oxygen atoms in total. The third-order valence-corrected chi connectivity index (χ3v) is 3.48. The number of hydrogen-bond donors (Lipinski definition) is 2. The van der Waals surface area contributed by atoms with Gasteiger partial charge in [-0.2, -0.15) is 25.3 Å². The summed E-state index contributed by atoms with van der Waals surface area (Å²) in [4.78, 5) is 0. The zero-order chi connectivity index (χ0) is 13.8. The van der Waals surface area contributed by atoms with Crippen molar-refractivity contribution in [2.24, 2.45) is 0 Å². The Morgan fingerprint density at radius 2 is 1.67 bits per heavy atom. The van der Waals surface area contributed by atoms with Gasteiger partial charge in [0.1, 0.15) is 12.4 Å². The van der Waals surface area contributed by atoms with Crippen LogP contribution < -0.4 is 4.74 Å². The van der Waals surface area contributed by atoms with Crippen LogP contribution in [0.1, 0.15) is 37.5 Å². The molecule has 0 N–H and O–H groups in total. The van der Waals surface area contributed by atoms with E-state index in [9.17, 15) is 0 Å². The Morgan fingerprint density at radius 1 is 1.17 bits per heavy atom. The molecule has 0 aliphatic carbocycles. The van der Waals surface area contributed by atoms with Crippen LogP contribution in [0, 0.1) is 0 Å². The van der Waals surface area contributed by atoms with E-state index in [-0.39, 0.29) is 5.41 Å². The van der Waals surface area contributed by atoms with Gasteiger partial charge in [0, 0.05) is 22.6 Å². The summed E-state index contributed by atoms with van der Waals surface area (Å²) < 4.78 is 5.75. The Morgan fingerprint density at radius 3 is 2.00 bits per heavy atom. The van der Waals surface area contributed by atoms with Crippen LogP contribution in [0.15, 0.2) is 24.8 Å². The van der Waals surface area contributed by atoms with Gasteiger partial charge >= 0.3 is 0 Å². The third kappa shape index (κ3) is 3.72. The Bertz CT molecular complexity index is 394. The second-order valence-electron chi connectivity index (χ2n) is 5.29. The van der Waals surface area contributed by atoms with Gasteiger partial charge in [-0.1, -0.05) is 45.6 Å². The van der Waals surface area contributed by atoms with Crippen molar-refractivity contribution in [3.05, 3.63) is 41.5 Å². The minimum atomic E-state index is 0.117. The van der Waals surface area contributed by atoms with Crippen LogP contribution in [-0.2, 0) is 16.9 Å². The molecular weight excluding hydrogens is 260 g/mol. The first-order chi connectivity index (χ1) is 8.43. The van der Waals surface area contributed by atoms with E-state index in [1.807, 2.05) is 0 Å². The molecule has 0 bridgehead atoms. The van der Waals surface area contributed by atoms with Crippen molar-refractivity contribution in [1.29, 1.82) is 0 Å². The first-order valence-corrected chi connectivity index (χ1v) is 7.32. The predicted octanol–water partition coefficient (Wildman–Crippen LogP) is 4.41. The van der Waals surface area contributed by atoms with Crippen molar-refractivity contribution < 1.29 is 4.74 Å². The van der Waals surface area contributed by atoms with Crippen molar-refractivity contribution in [1.82, 2.24) is 0 Å². The highest BCUT2D eigenvalue weighted by Crippen LogP contribution is 2.33. The lowest BCUT2D eigenvalue weighted by Gasteiger charge is -2.23. The second kappa shape index (κ2) is 6.58.